The average molecular weight is 349 g/mol. The molecule has 6 nitrogen and oxygen atoms in total. The second kappa shape index (κ2) is 9.08. The predicted octanol–water partition coefficient (Wildman–Crippen LogP) is 3.80. The number of carbonyl (C=O) groups excluding carboxylic acids is 1. The van der Waals surface area contributed by atoms with Crippen LogP contribution in [-0.2, 0) is 0 Å². The highest BCUT2D eigenvalue weighted by atomic mass is 35.5. The Kier molecular flexibility index (Phi) is 6.81. The van der Waals surface area contributed by atoms with Gasteiger partial charge in [-0.05, 0) is 24.6 Å². The Morgan fingerprint density at radius 2 is 2.08 bits per heavy atom. The quantitative estimate of drug-likeness (QED) is 0.709. The Labute approximate surface area is 146 Å². The molecular weight excluding hydrogens is 328 g/mol. The summed E-state index contributed by atoms with van der Waals surface area (Å²) in [5, 5.41) is 6.48. The molecule has 0 aliphatic rings. The smallest absolute Gasteiger partial charge is 0.271 e. The Hall–Kier alpha value is -2.34. The number of unbranched alkanes of at least 4 members (excludes halogenated alkanes) is 2. The zero-order valence-electron chi connectivity index (χ0n) is 13.8. The maximum absolute atomic E-state index is 12.0. The van der Waals surface area contributed by atoms with Crippen molar-refractivity contribution >= 4 is 29.0 Å². The van der Waals surface area contributed by atoms with Crippen LogP contribution < -0.4 is 15.4 Å². The molecule has 1 amide bonds. The van der Waals surface area contributed by atoms with Crippen molar-refractivity contribution in [3.8, 4) is 5.75 Å². The molecule has 2 N–H and O–H groups in total. The maximum atomic E-state index is 12.0. The molecule has 0 unspecified atom stereocenters. The van der Waals surface area contributed by atoms with E-state index in [9.17, 15) is 4.79 Å². The number of nitrogens with zero attached hydrogens (tertiary/aromatic N) is 2. The van der Waals surface area contributed by atoms with Gasteiger partial charge in [0.05, 0.1) is 25.2 Å². The fourth-order valence-electron chi connectivity index (χ4n) is 2.09. The van der Waals surface area contributed by atoms with Crippen molar-refractivity contribution in [2.45, 2.75) is 26.2 Å². The normalized spacial score (nSPS) is 10.3. The topological polar surface area (TPSA) is 76.1 Å². The van der Waals surface area contributed by atoms with Crippen LogP contribution in [0.25, 0.3) is 0 Å². The first-order chi connectivity index (χ1) is 11.6. The SMILES string of the molecule is CCCCCNC(=O)c1cnc(Nc2cc(Cl)ccc2OC)cn1. The fraction of sp³-hybridized carbons (Fsp3) is 0.353. The molecule has 2 aromatic rings. The number of ether oxygens (including phenoxy) is 1. The fourth-order valence-corrected chi connectivity index (χ4v) is 2.27. The summed E-state index contributed by atoms with van der Waals surface area (Å²) in [4.78, 5) is 20.3. The number of hydrogen-bond donors (Lipinski definition) is 2. The zero-order valence-corrected chi connectivity index (χ0v) is 14.6. The standard InChI is InChI=1S/C17H21ClN4O2/c1-3-4-5-8-19-17(23)14-10-21-16(11-20-14)22-13-9-12(18)6-7-15(13)24-2/h6-7,9-11H,3-5,8H2,1-2H3,(H,19,23)(H,21,22). The minimum absolute atomic E-state index is 0.217. The van der Waals surface area contributed by atoms with E-state index >= 15 is 0 Å². The highest BCUT2D eigenvalue weighted by Gasteiger charge is 2.09. The van der Waals surface area contributed by atoms with Crippen LogP contribution in [-0.4, -0.2) is 29.5 Å². The lowest BCUT2D eigenvalue weighted by Gasteiger charge is -2.11. The third-order valence-corrected chi connectivity index (χ3v) is 3.61. The summed E-state index contributed by atoms with van der Waals surface area (Å²) in [6.45, 7) is 2.77. The van der Waals surface area contributed by atoms with Crippen molar-refractivity contribution in [3.63, 3.8) is 0 Å². The van der Waals surface area contributed by atoms with Crippen LogP contribution in [0.15, 0.2) is 30.6 Å². The van der Waals surface area contributed by atoms with E-state index in [1.54, 1.807) is 25.3 Å². The van der Waals surface area contributed by atoms with Crippen molar-refractivity contribution < 1.29 is 9.53 Å². The highest BCUT2D eigenvalue weighted by molar-refractivity contribution is 6.31. The monoisotopic (exact) mass is 348 g/mol. The third-order valence-electron chi connectivity index (χ3n) is 3.37. The number of amides is 1. The van der Waals surface area contributed by atoms with Gasteiger partial charge in [-0.25, -0.2) is 9.97 Å². The van der Waals surface area contributed by atoms with Crippen LogP contribution in [0, 0.1) is 0 Å². The zero-order chi connectivity index (χ0) is 17.4. The van der Waals surface area contributed by atoms with Crippen LogP contribution in [0.2, 0.25) is 5.02 Å². The number of anilines is 2. The van der Waals surface area contributed by atoms with E-state index < -0.39 is 0 Å². The van der Waals surface area contributed by atoms with Gasteiger partial charge in [0.25, 0.3) is 5.91 Å². The lowest BCUT2D eigenvalue weighted by molar-refractivity contribution is 0.0947. The summed E-state index contributed by atoms with van der Waals surface area (Å²) < 4.78 is 5.27. The number of halogens is 1. The summed E-state index contributed by atoms with van der Waals surface area (Å²) in [7, 11) is 1.58. The molecule has 0 aliphatic carbocycles. The summed E-state index contributed by atoms with van der Waals surface area (Å²) in [5.41, 5.74) is 0.964. The van der Waals surface area contributed by atoms with E-state index in [-0.39, 0.29) is 11.6 Å². The number of carbonyl (C=O) groups is 1. The molecule has 1 aromatic heterocycles. The Morgan fingerprint density at radius 1 is 1.25 bits per heavy atom. The number of methoxy groups -OCH3 is 1. The van der Waals surface area contributed by atoms with Gasteiger partial charge in [-0.3, -0.25) is 4.79 Å². The van der Waals surface area contributed by atoms with E-state index in [2.05, 4.69) is 27.5 Å². The number of aromatic nitrogens is 2. The Bertz CT molecular complexity index is 677. The average Bonchev–Trinajstić information content (AvgIpc) is 2.59. The van der Waals surface area contributed by atoms with Gasteiger partial charge in [-0.1, -0.05) is 31.4 Å². The molecule has 0 fully saturated rings. The molecule has 0 saturated heterocycles. The van der Waals surface area contributed by atoms with E-state index in [1.165, 1.54) is 12.4 Å². The molecule has 128 valence electrons. The van der Waals surface area contributed by atoms with Gasteiger partial charge in [-0.2, -0.15) is 0 Å². The third kappa shape index (κ3) is 5.09. The molecule has 2 rings (SSSR count). The van der Waals surface area contributed by atoms with E-state index in [1.807, 2.05) is 0 Å². The van der Waals surface area contributed by atoms with E-state index in [4.69, 9.17) is 16.3 Å². The van der Waals surface area contributed by atoms with Crippen LogP contribution in [0.1, 0.15) is 36.7 Å². The van der Waals surface area contributed by atoms with Crippen LogP contribution >= 0.6 is 11.6 Å². The Morgan fingerprint density at radius 3 is 2.75 bits per heavy atom. The lowest BCUT2D eigenvalue weighted by atomic mass is 10.2. The van der Waals surface area contributed by atoms with Gasteiger partial charge in [-0.15, -0.1) is 0 Å². The van der Waals surface area contributed by atoms with Crippen molar-refractivity contribution in [2.24, 2.45) is 0 Å². The molecule has 0 atom stereocenters. The van der Waals surface area contributed by atoms with Gasteiger partial charge >= 0.3 is 0 Å². The number of hydrogen-bond acceptors (Lipinski definition) is 5. The second-order valence-electron chi connectivity index (χ2n) is 5.22. The molecule has 0 spiro atoms. The Balaban J connectivity index is 1.99. The van der Waals surface area contributed by atoms with Crippen LogP contribution in [0.4, 0.5) is 11.5 Å². The summed E-state index contributed by atoms with van der Waals surface area (Å²) >= 11 is 5.99. The van der Waals surface area contributed by atoms with Gasteiger partial charge in [0.2, 0.25) is 0 Å². The first kappa shape index (κ1) is 18.0. The summed E-state index contributed by atoms with van der Waals surface area (Å²) in [5.74, 6) is 0.919. The molecule has 0 aliphatic heterocycles. The van der Waals surface area contributed by atoms with Crippen molar-refractivity contribution in [3.05, 3.63) is 41.3 Å². The molecule has 1 heterocycles. The number of rotatable bonds is 8. The summed E-state index contributed by atoms with van der Waals surface area (Å²) in [6.07, 6.45) is 6.11. The van der Waals surface area contributed by atoms with Crippen molar-refractivity contribution in [1.29, 1.82) is 0 Å². The highest BCUT2D eigenvalue weighted by Crippen LogP contribution is 2.29. The lowest BCUT2D eigenvalue weighted by Crippen LogP contribution is -2.25. The minimum atomic E-state index is -0.217. The van der Waals surface area contributed by atoms with E-state index in [0.29, 0.717) is 28.8 Å². The van der Waals surface area contributed by atoms with Crippen LogP contribution in [0.5, 0.6) is 5.75 Å². The first-order valence-electron chi connectivity index (χ1n) is 7.85. The van der Waals surface area contributed by atoms with Gasteiger partial charge in [0.15, 0.2) is 0 Å². The second-order valence-corrected chi connectivity index (χ2v) is 5.66. The number of benzene rings is 1. The largest absolute Gasteiger partial charge is 0.495 e. The minimum Gasteiger partial charge on any atom is -0.495 e. The molecule has 0 bridgehead atoms. The van der Waals surface area contributed by atoms with Gasteiger partial charge in [0.1, 0.15) is 17.3 Å². The summed E-state index contributed by atoms with van der Waals surface area (Å²) in [6, 6.07) is 5.23. The first-order valence-corrected chi connectivity index (χ1v) is 8.22. The molecule has 0 saturated carbocycles. The maximum Gasteiger partial charge on any atom is 0.271 e. The van der Waals surface area contributed by atoms with Crippen molar-refractivity contribution in [1.82, 2.24) is 15.3 Å². The molecular formula is C17H21ClN4O2. The molecule has 1 aromatic carbocycles. The molecule has 7 heteroatoms. The number of nitrogens with one attached hydrogen (secondary N) is 2. The predicted molar refractivity (Wildman–Crippen MR) is 95.2 cm³/mol. The van der Waals surface area contributed by atoms with Crippen LogP contribution in [0.3, 0.4) is 0 Å². The molecule has 0 radical (unpaired) electrons. The van der Waals surface area contributed by atoms with Gasteiger partial charge < -0.3 is 15.4 Å². The van der Waals surface area contributed by atoms with Gasteiger partial charge in [0, 0.05) is 11.6 Å². The van der Waals surface area contributed by atoms with E-state index in [0.717, 1.165) is 19.3 Å². The van der Waals surface area contributed by atoms with Crippen molar-refractivity contribution in [2.75, 3.05) is 19.0 Å². The molecule has 24 heavy (non-hydrogen) atoms.